The van der Waals surface area contributed by atoms with Crippen molar-refractivity contribution in [2.45, 2.75) is 32.0 Å². The molecule has 162 valence electrons. The van der Waals surface area contributed by atoms with Crippen LogP contribution in [-0.4, -0.2) is 36.6 Å². The van der Waals surface area contributed by atoms with Crippen LogP contribution in [0.4, 0.5) is 0 Å². The van der Waals surface area contributed by atoms with Crippen LogP contribution in [0.5, 0.6) is 11.5 Å². The Kier molecular flexibility index (Phi) is 7.53. The van der Waals surface area contributed by atoms with Gasteiger partial charge in [0, 0.05) is 31.5 Å². The molecule has 1 aliphatic heterocycles. The maximum Gasteiger partial charge on any atom is 0.119 e. The van der Waals surface area contributed by atoms with Crippen LogP contribution in [0, 0.1) is 0 Å². The summed E-state index contributed by atoms with van der Waals surface area (Å²) in [4.78, 5) is 6.62. The van der Waals surface area contributed by atoms with Gasteiger partial charge in [-0.2, -0.15) is 0 Å². The number of pyridine rings is 1. The second-order valence-corrected chi connectivity index (χ2v) is 7.95. The monoisotopic (exact) mass is 417 g/mol. The summed E-state index contributed by atoms with van der Waals surface area (Å²) < 4.78 is 11.3. The first-order chi connectivity index (χ1) is 15.3. The highest BCUT2D eigenvalue weighted by molar-refractivity contribution is 5.31. The summed E-state index contributed by atoms with van der Waals surface area (Å²) in [7, 11) is 1.73. The van der Waals surface area contributed by atoms with Crippen molar-refractivity contribution in [1.29, 1.82) is 0 Å². The number of nitrogens with zero attached hydrogens (tertiary/aromatic N) is 2. The molecule has 0 spiro atoms. The number of aromatic nitrogens is 1. The Bertz CT molecular complexity index is 925. The molecule has 0 bridgehead atoms. The quantitative estimate of drug-likeness (QED) is 0.523. The van der Waals surface area contributed by atoms with Gasteiger partial charge in [-0.15, -0.1) is 0 Å². The highest BCUT2D eigenvalue weighted by Crippen LogP contribution is 2.27. The van der Waals surface area contributed by atoms with Crippen LogP contribution in [0.2, 0.25) is 0 Å². The Morgan fingerprint density at radius 2 is 1.71 bits per heavy atom. The summed E-state index contributed by atoms with van der Waals surface area (Å²) in [6, 6.07) is 21.1. The van der Waals surface area contributed by atoms with Crippen LogP contribution in [0.3, 0.4) is 0 Å². The average Bonchev–Trinajstić information content (AvgIpc) is 3.36. The minimum Gasteiger partial charge on any atom is -0.497 e. The smallest absolute Gasteiger partial charge is 0.119 e. The van der Waals surface area contributed by atoms with Crippen molar-refractivity contribution in [3.63, 3.8) is 0 Å². The third kappa shape index (κ3) is 6.06. The molecule has 31 heavy (non-hydrogen) atoms. The Hall–Kier alpha value is -2.89. The molecule has 1 aromatic heterocycles. The number of hydrogen-bond donors (Lipinski definition) is 1. The van der Waals surface area contributed by atoms with E-state index in [0.717, 1.165) is 43.2 Å². The predicted octanol–water partition coefficient (Wildman–Crippen LogP) is 4.60. The SMILES string of the molecule is COc1cccc([C@H](CNCc2ccc(OCc3ccncc3)cc2)N2CCCC2)c1. The molecule has 0 unspecified atom stereocenters. The number of likely N-dealkylation sites (tertiary alicyclic amines) is 1. The van der Waals surface area contributed by atoms with E-state index in [-0.39, 0.29) is 0 Å². The van der Waals surface area contributed by atoms with E-state index in [1.165, 1.54) is 24.0 Å². The van der Waals surface area contributed by atoms with E-state index >= 15 is 0 Å². The number of ether oxygens (including phenoxy) is 2. The average molecular weight is 418 g/mol. The topological polar surface area (TPSA) is 46.6 Å². The molecule has 1 atom stereocenters. The molecule has 3 aromatic rings. The van der Waals surface area contributed by atoms with Gasteiger partial charge in [0.25, 0.3) is 0 Å². The molecule has 2 aromatic carbocycles. The van der Waals surface area contributed by atoms with Crippen molar-refractivity contribution in [3.8, 4) is 11.5 Å². The van der Waals surface area contributed by atoms with Gasteiger partial charge >= 0.3 is 0 Å². The van der Waals surface area contributed by atoms with Crippen LogP contribution in [0.25, 0.3) is 0 Å². The van der Waals surface area contributed by atoms with Crippen LogP contribution in [-0.2, 0) is 13.2 Å². The lowest BCUT2D eigenvalue weighted by atomic mass is 10.0. The lowest BCUT2D eigenvalue weighted by molar-refractivity contribution is 0.238. The van der Waals surface area contributed by atoms with Crippen LogP contribution >= 0.6 is 0 Å². The second-order valence-electron chi connectivity index (χ2n) is 7.95. The lowest BCUT2D eigenvalue weighted by Crippen LogP contribution is -2.34. The minimum absolute atomic E-state index is 0.362. The van der Waals surface area contributed by atoms with E-state index in [4.69, 9.17) is 9.47 Å². The fourth-order valence-corrected chi connectivity index (χ4v) is 4.06. The number of nitrogens with one attached hydrogen (secondary N) is 1. The molecular weight excluding hydrogens is 386 g/mol. The Balaban J connectivity index is 1.31. The summed E-state index contributed by atoms with van der Waals surface area (Å²) in [5.41, 5.74) is 3.68. The van der Waals surface area contributed by atoms with Crippen molar-refractivity contribution in [2.24, 2.45) is 0 Å². The molecule has 5 heteroatoms. The van der Waals surface area contributed by atoms with Gasteiger partial charge in [-0.25, -0.2) is 0 Å². The number of methoxy groups -OCH3 is 1. The molecule has 4 rings (SSSR count). The zero-order chi connectivity index (χ0) is 21.3. The third-order valence-electron chi connectivity index (χ3n) is 5.81. The van der Waals surface area contributed by atoms with Crippen LogP contribution in [0.1, 0.15) is 35.6 Å². The fraction of sp³-hybridized carbons (Fsp3) is 0.346. The summed E-state index contributed by atoms with van der Waals surface area (Å²) in [5, 5.41) is 3.66. The van der Waals surface area contributed by atoms with E-state index in [1.807, 2.05) is 30.3 Å². The molecule has 2 heterocycles. The molecular formula is C26H31N3O2. The molecule has 1 saturated heterocycles. The maximum absolute atomic E-state index is 5.87. The van der Waals surface area contributed by atoms with Gasteiger partial charge in [0.05, 0.1) is 7.11 Å². The summed E-state index contributed by atoms with van der Waals surface area (Å²) in [6.45, 7) is 4.62. The molecule has 0 saturated carbocycles. The predicted molar refractivity (Wildman–Crippen MR) is 123 cm³/mol. The first-order valence-electron chi connectivity index (χ1n) is 11.0. The van der Waals surface area contributed by atoms with Gasteiger partial charge < -0.3 is 14.8 Å². The zero-order valence-electron chi connectivity index (χ0n) is 18.2. The van der Waals surface area contributed by atoms with Crippen molar-refractivity contribution < 1.29 is 9.47 Å². The molecule has 1 N–H and O–H groups in total. The van der Waals surface area contributed by atoms with E-state index in [0.29, 0.717) is 12.6 Å². The number of benzene rings is 2. The van der Waals surface area contributed by atoms with Gasteiger partial charge in [0.15, 0.2) is 0 Å². The molecule has 5 nitrogen and oxygen atoms in total. The molecule has 0 amide bonds. The van der Waals surface area contributed by atoms with E-state index in [2.05, 4.69) is 45.5 Å². The lowest BCUT2D eigenvalue weighted by Gasteiger charge is -2.28. The first kappa shape index (κ1) is 21.3. The largest absolute Gasteiger partial charge is 0.497 e. The van der Waals surface area contributed by atoms with Crippen molar-refractivity contribution in [3.05, 3.63) is 89.7 Å². The van der Waals surface area contributed by atoms with E-state index < -0.39 is 0 Å². The number of rotatable bonds is 10. The van der Waals surface area contributed by atoms with Gasteiger partial charge in [-0.1, -0.05) is 24.3 Å². The van der Waals surface area contributed by atoms with Gasteiger partial charge in [-0.3, -0.25) is 9.88 Å². The van der Waals surface area contributed by atoms with Gasteiger partial charge in [0.1, 0.15) is 18.1 Å². The minimum atomic E-state index is 0.362. The normalized spacial score (nSPS) is 15.0. The second kappa shape index (κ2) is 10.9. The molecule has 0 aliphatic carbocycles. The highest BCUT2D eigenvalue weighted by Gasteiger charge is 2.23. The molecule has 0 radical (unpaired) electrons. The van der Waals surface area contributed by atoms with Crippen molar-refractivity contribution in [2.75, 3.05) is 26.7 Å². The highest BCUT2D eigenvalue weighted by atomic mass is 16.5. The standard InChI is InChI=1S/C26H31N3O2/c1-30-25-6-4-5-23(17-25)26(29-15-2-3-16-29)19-28-18-21-7-9-24(10-8-21)31-20-22-11-13-27-14-12-22/h4-14,17,26,28H,2-3,15-16,18-20H2,1H3/t26-/m0/s1. The summed E-state index contributed by atoms with van der Waals surface area (Å²) in [5.74, 6) is 1.80. The van der Waals surface area contributed by atoms with Gasteiger partial charge in [-0.05, 0) is 79.0 Å². The summed E-state index contributed by atoms with van der Waals surface area (Å²) in [6.07, 6.45) is 6.13. The zero-order valence-corrected chi connectivity index (χ0v) is 18.2. The summed E-state index contributed by atoms with van der Waals surface area (Å²) >= 11 is 0. The molecule has 1 fully saturated rings. The molecule has 1 aliphatic rings. The number of hydrogen-bond acceptors (Lipinski definition) is 5. The van der Waals surface area contributed by atoms with Crippen molar-refractivity contribution >= 4 is 0 Å². The maximum atomic E-state index is 5.87. The Labute approximate surface area is 185 Å². The Morgan fingerprint density at radius 1 is 0.935 bits per heavy atom. The third-order valence-corrected chi connectivity index (χ3v) is 5.81. The van der Waals surface area contributed by atoms with E-state index in [1.54, 1.807) is 19.5 Å². The first-order valence-corrected chi connectivity index (χ1v) is 11.0. The van der Waals surface area contributed by atoms with Crippen LogP contribution < -0.4 is 14.8 Å². The van der Waals surface area contributed by atoms with Crippen LogP contribution in [0.15, 0.2) is 73.1 Å². The Morgan fingerprint density at radius 3 is 2.45 bits per heavy atom. The van der Waals surface area contributed by atoms with Gasteiger partial charge in [0.2, 0.25) is 0 Å². The van der Waals surface area contributed by atoms with Crippen molar-refractivity contribution in [1.82, 2.24) is 15.2 Å². The van der Waals surface area contributed by atoms with E-state index in [9.17, 15) is 0 Å². The fourth-order valence-electron chi connectivity index (χ4n) is 4.06.